The summed E-state index contributed by atoms with van der Waals surface area (Å²) in [7, 11) is 4.15. The topological polar surface area (TPSA) is 40.5 Å². The highest BCUT2D eigenvalue weighted by molar-refractivity contribution is 5.93. The molecule has 4 aliphatic rings. The number of aliphatic hydroxyl groups excluding tert-OH is 1. The molecular formula is C30H35NO2. The number of carbonyl (C=O) groups is 1. The van der Waals surface area contributed by atoms with Crippen LogP contribution in [0.25, 0.3) is 0 Å². The van der Waals surface area contributed by atoms with Crippen LogP contribution in [0.2, 0.25) is 0 Å². The fourth-order valence-electron chi connectivity index (χ4n) is 7.21. The van der Waals surface area contributed by atoms with Gasteiger partial charge in [0.1, 0.15) is 6.10 Å². The molecule has 0 aliphatic heterocycles. The van der Waals surface area contributed by atoms with Gasteiger partial charge in [0, 0.05) is 32.1 Å². The van der Waals surface area contributed by atoms with Crippen molar-refractivity contribution in [3.63, 3.8) is 0 Å². The minimum atomic E-state index is -0.678. The molecular weight excluding hydrogens is 406 g/mol. The summed E-state index contributed by atoms with van der Waals surface area (Å²) in [5, 5.41) is 10.9. The van der Waals surface area contributed by atoms with E-state index in [0.717, 1.165) is 37.7 Å². The van der Waals surface area contributed by atoms with Crippen LogP contribution in [-0.2, 0) is 4.79 Å². The molecule has 1 fully saturated rings. The number of fused-ring (bicyclic) bond motifs is 4. The first-order chi connectivity index (χ1) is 15.8. The molecule has 0 heterocycles. The van der Waals surface area contributed by atoms with E-state index in [0.29, 0.717) is 24.2 Å². The lowest BCUT2D eigenvalue weighted by atomic mass is 9.52. The first kappa shape index (κ1) is 22.2. The van der Waals surface area contributed by atoms with Gasteiger partial charge < -0.3 is 10.0 Å². The molecule has 4 aliphatic carbocycles. The van der Waals surface area contributed by atoms with Crippen LogP contribution in [0.1, 0.15) is 63.9 Å². The van der Waals surface area contributed by atoms with E-state index in [4.69, 9.17) is 0 Å². The molecule has 1 aromatic carbocycles. The molecule has 0 spiro atoms. The van der Waals surface area contributed by atoms with E-state index in [-0.39, 0.29) is 11.2 Å². The second kappa shape index (κ2) is 8.33. The zero-order chi connectivity index (χ0) is 23.3. The van der Waals surface area contributed by atoms with Crippen LogP contribution in [0, 0.1) is 29.1 Å². The van der Waals surface area contributed by atoms with Crippen molar-refractivity contribution in [3.05, 3.63) is 64.3 Å². The van der Waals surface area contributed by atoms with Gasteiger partial charge in [-0.1, -0.05) is 36.6 Å². The molecule has 33 heavy (non-hydrogen) atoms. The Labute approximate surface area is 198 Å². The lowest BCUT2D eigenvalue weighted by Gasteiger charge is -2.52. The number of ketones is 1. The molecule has 3 unspecified atom stereocenters. The molecule has 0 radical (unpaired) electrons. The van der Waals surface area contributed by atoms with Crippen LogP contribution in [-0.4, -0.2) is 31.1 Å². The van der Waals surface area contributed by atoms with Crippen LogP contribution in [0.4, 0.5) is 5.69 Å². The van der Waals surface area contributed by atoms with Crippen LogP contribution in [0.5, 0.6) is 0 Å². The lowest BCUT2D eigenvalue weighted by Crippen LogP contribution is -2.43. The minimum absolute atomic E-state index is 0.0609. The Balaban J connectivity index is 1.64. The van der Waals surface area contributed by atoms with Crippen molar-refractivity contribution in [3.8, 4) is 11.8 Å². The van der Waals surface area contributed by atoms with Gasteiger partial charge in [-0.15, -0.1) is 5.92 Å². The molecule has 0 saturated heterocycles. The van der Waals surface area contributed by atoms with Crippen molar-refractivity contribution in [1.29, 1.82) is 0 Å². The van der Waals surface area contributed by atoms with E-state index in [2.05, 4.69) is 68.1 Å². The average Bonchev–Trinajstić information content (AvgIpc) is 3.15. The Morgan fingerprint density at radius 3 is 2.61 bits per heavy atom. The Kier molecular flexibility index (Phi) is 5.61. The Morgan fingerprint density at radius 2 is 1.91 bits per heavy atom. The monoisotopic (exact) mass is 441 g/mol. The number of nitrogens with zero attached hydrogens (tertiary/aromatic N) is 1. The molecule has 5 atom stereocenters. The van der Waals surface area contributed by atoms with E-state index < -0.39 is 6.10 Å². The average molecular weight is 442 g/mol. The van der Waals surface area contributed by atoms with E-state index in [9.17, 15) is 9.90 Å². The predicted molar refractivity (Wildman–Crippen MR) is 134 cm³/mol. The molecule has 5 rings (SSSR count). The lowest BCUT2D eigenvalue weighted by molar-refractivity contribution is -0.114. The van der Waals surface area contributed by atoms with Gasteiger partial charge >= 0.3 is 0 Å². The largest absolute Gasteiger partial charge is 0.378 e. The third kappa shape index (κ3) is 3.60. The number of benzene rings is 1. The third-order valence-electron chi connectivity index (χ3n) is 8.76. The Hall–Kier alpha value is -2.57. The SMILES string of the molecule is CC#CC(O)C1=CCC2C3CCC4=CC(=O)CCC4=C3[C@@H](c3ccc(N(C)C)cc3)C[C@]12C. The number of allylic oxidation sites excluding steroid dienone is 5. The number of carbonyl (C=O) groups excluding carboxylic acids is 1. The van der Waals surface area contributed by atoms with Gasteiger partial charge in [-0.25, -0.2) is 0 Å². The van der Waals surface area contributed by atoms with Crippen molar-refractivity contribution < 1.29 is 9.90 Å². The van der Waals surface area contributed by atoms with Crippen LogP contribution in [0.3, 0.4) is 0 Å². The van der Waals surface area contributed by atoms with Gasteiger partial charge in [-0.05, 0) is 96.8 Å². The van der Waals surface area contributed by atoms with E-state index in [1.165, 1.54) is 22.4 Å². The molecule has 0 amide bonds. The highest BCUT2D eigenvalue weighted by Gasteiger charge is 2.54. The fraction of sp³-hybridized carbons (Fsp3) is 0.500. The molecule has 0 bridgehead atoms. The van der Waals surface area contributed by atoms with Crippen LogP contribution >= 0.6 is 0 Å². The highest BCUT2D eigenvalue weighted by Crippen LogP contribution is 2.64. The standard InChI is InChI=1S/C30H35NO2/c1-5-6-28(33)27-16-15-26-24-13-9-20-17-22(32)12-14-23(20)29(24)25(18-30(26,27)2)19-7-10-21(11-8-19)31(3)4/h7-8,10-11,16-17,24-26,28,33H,9,12-15,18H2,1-4H3/t24?,25-,26?,28?,30+/m1/s1. The fourth-order valence-corrected chi connectivity index (χ4v) is 7.21. The summed E-state index contributed by atoms with van der Waals surface area (Å²) in [5.41, 5.74) is 7.97. The Bertz CT molecular complexity index is 1120. The number of aliphatic hydroxyl groups is 1. The molecule has 3 nitrogen and oxygen atoms in total. The summed E-state index contributed by atoms with van der Waals surface area (Å²) in [6, 6.07) is 9.02. The zero-order valence-electron chi connectivity index (χ0n) is 20.3. The van der Waals surface area contributed by atoms with Gasteiger partial charge in [0.15, 0.2) is 5.78 Å². The third-order valence-corrected chi connectivity index (χ3v) is 8.76. The minimum Gasteiger partial charge on any atom is -0.378 e. The number of anilines is 1. The maximum absolute atomic E-state index is 12.2. The molecule has 1 aromatic rings. The quantitative estimate of drug-likeness (QED) is 0.492. The van der Waals surface area contributed by atoms with Crippen molar-refractivity contribution in [2.75, 3.05) is 19.0 Å². The van der Waals surface area contributed by atoms with Gasteiger partial charge in [0.25, 0.3) is 0 Å². The van der Waals surface area contributed by atoms with E-state index >= 15 is 0 Å². The molecule has 3 heteroatoms. The first-order valence-electron chi connectivity index (χ1n) is 12.4. The van der Waals surface area contributed by atoms with Gasteiger partial charge in [0.2, 0.25) is 0 Å². The zero-order valence-corrected chi connectivity index (χ0v) is 20.3. The van der Waals surface area contributed by atoms with Crippen LogP contribution < -0.4 is 4.90 Å². The molecule has 1 N–H and O–H groups in total. The number of rotatable bonds is 3. The second-order valence-corrected chi connectivity index (χ2v) is 10.7. The van der Waals surface area contributed by atoms with Crippen LogP contribution in [0.15, 0.2) is 58.7 Å². The highest BCUT2D eigenvalue weighted by atomic mass is 16.3. The maximum Gasteiger partial charge on any atom is 0.156 e. The number of hydrogen-bond donors (Lipinski definition) is 1. The van der Waals surface area contributed by atoms with Gasteiger partial charge in [-0.3, -0.25) is 4.79 Å². The van der Waals surface area contributed by atoms with E-state index in [1.54, 1.807) is 12.5 Å². The summed E-state index contributed by atoms with van der Waals surface area (Å²) in [6.07, 6.45) is 9.16. The molecule has 172 valence electrons. The normalized spacial score (nSPS) is 31.4. The summed E-state index contributed by atoms with van der Waals surface area (Å²) >= 11 is 0. The van der Waals surface area contributed by atoms with Gasteiger partial charge in [0.05, 0.1) is 0 Å². The number of hydrogen-bond acceptors (Lipinski definition) is 3. The van der Waals surface area contributed by atoms with Crippen molar-refractivity contribution in [2.45, 2.75) is 64.4 Å². The molecule has 0 aromatic heterocycles. The Morgan fingerprint density at radius 1 is 1.15 bits per heavy atom. The summed E-state index contributed by atoms with van der Waals surface area (Å²) in [4.78, 5) is 14.3. The smallest absolute Gasteiger partial charge is 0.156 e. The predicted octanol–water partition coefficient (Wildman–Crippen LogP) is 5.57. The van der Waals surface area contributed by atoms with Crippen molar-refractivity contribution in [1.82, 2.24) is 0 Å². The first-order valence-corrected chi connectivity index (χ1v) is 12.4. The van der Waals surface area contributed by atoms with Crippen molar-refractivity contribution >= 4 is 11.5 Å². The summed E-state index contributed by atoms with van der Waals surface area (Å²) in [5.74, 6) is 7.53. The molecule has 1 saturated carbocycles. The summed E-state index contributed by atoms with van der Waals surface area (Å²) < 4.78 is 0. The van der Waals surface area contributed by atoms with E-state index in [1.807, 2.05) is 6.08 Å². The summed E-state index contributed by atoms with van der Waals surface area (Å²) in [6.45, 7) is 4.17. The second-order valence-electron chi connectivity index (χ2n) is 10.7. The maximum atomic E-state index is 12.2. The van der Waals surface area contributed by atoms with Gasteiger partial charge in [-0.2, -0.15) is 0 Å². The van der Waals surface area contributed by atoms with Crippen molar-refractivity contribution in [2.24, 2.45) is 17.3 Å².